The van der Waals surface area contributed by atoms with Gasteiger partial charge < -0.3 is 18.4 Å². The zero-order valence-electron chi connectivity index (χ0n) is 19.9. The van der Waals surface area contributed by atoms with Gasteiger partial charge in [0, 0.05) is 10.6 Å². The number of hydrogen-bond donors (Lipinski definition) is 1. The zero-order chi connectivity index (χ0) is 26.1. The lowest BCUT2D eigenvalue weighted by atomic mass is 10.2. The van der Waals surface area contributed by atoms with Gasteiger partial charge in [0.15, 0.2) is 23.0 Å². The van der Waals surface area contributed by atoms with Gasteiger partial charge in [0.2, 0.25) is 0 Å². The molecule has 0 unspecified atom stereocenters. The highest BCUT2D eigenvalue weighted by molar-refractivity contribution is 7.87. The highest BCUT2D eigenvalue weighted by atomic mass is 35.5. The Kier molecular flexibility index (Phi) is 9.15. The van der Waals surface area contributed by atoms with Crippen LogP contribution >= 0.6 is 11.6 Å². The second-order valence-electron chi connectivity index (χ2n) is 7.13. The Morgan fingerprint density at radius 3 is 2.25 bits per heavy atom. The van der Waals surface area contributed by atoms with E-state index in [1.54, 1.807) is 24.3 Å². The number of benzene rings is 3. The van der Waals surface area contributed by atoms with Crippen molar-refractivity contribution in [3.05, 3.63) is 76.8 Å². The van der Waals surface area contributed by atoms with Gasteiger partial charge in [0.1, 0.15) is 4.90 Å². The number of rotatable bonds is 11. The summed E-state index contributed by atoms with van der Waals surface area (Å²) < 4.78 is 46.7. The van der Waals surface area contributed by atoms with Crippen LogP contribution in [0.3, 0.4) is 0 Å². The van der Waals surface area contributed by atoms with Crippen LogP contribution in [0, 0.1) is 0 Å². The molecule has 0 fully saturated rings. The second kappa shape index (κ2) is 12.3. The Labute approximate surface area is 214 Å². The SMILES string of the molecule is CCOc1ccc(C(=O)N/N=C/c2ccc(OS(=O)(=O)c3ccc(Cl)cc3)c(OC)c2)cc1OCC. The van der Waals surface area contributed by atoms with Gasteiger partial charge in [-0.3, -0.25) is 4.79 Å². The predicted octanol–water partition coefficient (Wildman–Crippen LogP) is 4.68. The van der Waals surface area contributed by atoms with Gasteiger partial charge in [0.05, 0.1) is 26.5 Å². The Balaban J connectivity index is 1.71. The van der Waals surface area contributed by atoms with E-state index in [4.69, 9.17) is 30.0 Å². The summed E-state index contributed by atoms with van der Waals surface area (Å²) in [5.41, 5.74) is 3.31. The van der Waals surface area contributed by atoms with Crippen molar-refractivity contribution >= 4 is 33.8 Å². The summed E-state index contributed by atoms with van der Waals surface area (Å²) in [7, 11) is -2.72. The van der Waals surface area contributed by atoms with E-state index in [0.717, 1.165) is 0 Å². The third-order valence-electron chi connectivity index (χ3n) is 4.67. The number of amides is 1. The smallest absolute Gasteiger partial charge is 0.339 e. The summed E-state index contributed by atoms with van der Waals surface area (Å²) >= 11 is 5.82. The van der Waals surface area contributed by atoms with Crippen LogP contribution in [0.15, 0.2) is 70.7 Å². The third-order valence-corrected chi connectivity index (χ3v) is 6.18. The maximum Gasteiger partial charge on any atom is 0.339 e. The number of carbonyl (C=O) groups excluding carboxylic acids is 1. The number of carbonyl (C=O) groups is 1. The van der Waals surface area contributed by atoms with Crippen molar-refractivity contribution in [1.82, 2.24) is 5.43 Å². The summed E-state index contributed by atoms with van der Waals surface area (Å²) in [5, 5.41) is 4.37. The lowest BCUT2D eigenvalue weighted by Crippen LogP contribution is -2.17. The fourth-order valence-electron chi connectivity index (χ4n) is 3.02. The van der Waals surface area contributed by atoms with Crippen molar-refractivity contribution in [3.8, 4) is 23.0 Å². The lowest BCUT2D eigenvalue weighted by molar-refractivity contribution is 0.0954. The van der Waals surface area contributed by atoms with Crippen LogP contribution in [0.1, 0.15) is 29.8 Å². The van der Waals surface area contributed by atoms with Crippen molar-refractivity contribution in [2.75, 3.05) is 20.3 Å². The Morgan fingerprint density at radius 2 is 1.58 bits per heavy atom. The molecular weight excluding hydrogens is 508 g/mol. The van der Waals surface area contributed by atoms with Crippen LogP contribution in [-0.4, -0.2) is 40.9 Å². The van der Waals surface area contributed by atoms with Crippen LogP contribution in [0.25, 0.3) is 0 Å². The van der Waals surface area contributed by atoms with Gasteiger partial charge in [-0.05, 0) is 80.1 Å². The fraction of sp³-hybridized carbons (Fsp3) is 0.200. The number of hydrazone groups is 1. The van der Waals surface area contributed by atoms with Gasteiger partial charge in [-0.1, -0.05) is 11.6 Å². The summed E-state index contributed by atoms with van der Waals surface area (Å²) in [6.45, 7) is 4.59. The normalized spacial score (nSPS) is 11.2. The van der Waals surface area contributed by atoms with E-state index < -0.39 is 16.0 Å². The second-order valence-corrected chi connectivity index (χ2v) is 9.11. The van der Waals surface area contributed by atoms with Crippen molar-refractivity contribution in [2.24, 2.45) is 5.10 Å². The molecule has 1 N–H and O–H groups in total. The van der Waals surface area contributed by atoms with E-state index in [2.05, 4.69) is 10.5 Å². The standard InChI is InChI=1S/C25H25ClN2O7S/c1-4-33-21-13-7-18(15-24(21)34-5-2)25(29)28-27-16-17-6-12-22(23(14-17)32-3)35-36(30,31)20-10-8-19(26)9-11-20/h6-16H,4-5H2,1-3H3,(H,28,29)/b27-16+. The minimum Gasteiger partial charge on any atom is -0.493 e. The molecule has 0 aliphatic heterocycles. The van der Waals surface area contributed by atoms with Crippen LogP contribution in [-0.2, 0) is 10.1 Å². The maximum atomic E-state index is 12.6. The van der Waals surface area contributed by atoms with Crippen LogP contribution in [0.5, 0.6) is 23.0 Å². The van der Waals surface area contributed by atoms with Crippen LogP contribution < -0.4 is 23.8 Å². The molecule has 1 amide bonds. The zero-order valence-corrected chi connectivity index (χ0v) is 21.4. The van der Waals surface area contributed by atoms with E-state index in [1.807, 2.05) is 13.8 Å². The first-order valence-electron chi connectivity index (χ1n) is 10.9. The number of halogens is 1. The first-order valence-corrected chi connectivity index (χ1v) is 12.7. The van der Waals surface area contributed by atoms with Gasteiger partial charge in [0.25, 0.3) is 5.91 Å². The van der Waals surface area contributed by atoms with E-state index in [0.29, 0.717) is 40.9 Å². The molecule has 0 saturated carbocycles. The number of ether oxygens (including phenoxy) is 3. The van der Waals surface area contributed by atoms with Crippen LogP contribution in [0.4, 0.5) is 0 Å². The molecule has 0 saturated heterocycles. The molecule has 0 aromatic heterocycles. The van der Waals surface area contributed by atoms with Gasteiger partial charge in [-0.15, -0.1) is 0 Å². The summed E-state index contributed by atoms with van der Waals surface area (Å²) in [6.07, 6.45) is 1.38. The fourth-order valence-corrected chi connectivity index (χ4v) is 4.09. The molecule has 0 radical (unpaired) electrons. The van der Waals surface area contributed by atoms with E-state index in [1.165, 1.54) is 49.7 Å². The van der Waals surface area contributed by atoms with Gasteiger partial charge in [-0.2, -0.15) is 13.5 Å². The van der Waals surface area contributed by atoms with E-state index >= 15 is 0 Å². The van der Waals surface area contributed by atoms with Crippen molar-refractivity contribution in [3.63, 3.8) is 0 Å². The first kappa shape index (κ1) is 26.8. The molecule has 9 nitrogen and oxygen atoms in total. The highest BCUT2D eigenvalue weighted by Crippen LogP contribution is 2.31. The monoisotopic (exact) mass is 532 g/mol. The van der Waals surface area contributed by atoms with Gasteiger partial charge >= 0.3 is 10.1 Å². The molecule has 0 heterocycles. The summed E-state index contributed by atoms with van der Waals surface area (Å²) in [6, 6.07) is 14.9. The molecular formula is C25H25ClN2O7S. The first-order chi connectivity index (χ1) is 17.3. The molecule has 0 bridgehead atoms. The Morgan fingerprint density at radius 1 is 0.917 bits per heavy atom. The predicted molar refractivity (Wildman–Crippen MR) is 136 cm³/mol. The van der Waals surface area contributed by atoms with Crippen molar-refractivity contribution in [2.45, 2.75) is 18.7 Å². The minimum absolute atomic E-state index is 0.00789. The molecule has 3 aromatic carbocycles. The summed E-state index contributed by atoms with van der Waals surface area (Å²) in [4.78, 5) is 12.5. The molecule has 0 atom stereocenters. The van der Waals surface area contributed by atoms with E-state index in [9.17, 15) is 13.2 Å². The number of hydrogen-bond acceptors (Lipinski definition) is 8. The quantitative estimate of drug-likeness (QED) is 0.217. The number of methoxy groups -OCH3 is 1. The number of nitrogens with one attached hydrogen (secondary N) is 1. The third kappa shape index (κ3) is 6.89. The molecule has 36 heavy (non-hydrogen) atoms. The van der Waals surface area contributed by atoms with Crippen molar-refractivity contribution < 1.29 is 31.6 Å². The molecule has 3 aromatic rings. The Bertz CT molecular complexity index is 1340. The average Bonchev–Trinajstić information content (AvgIpc) is 2.86. The summed E-state index contributed by atoms with van der Waals surface area (Å²) in [5.74, 6) is 0.718. The number of nitrogens with zero attached hydrogens (tertiary/aromatic N) is 1. The van der Waals surface area contributed by atoms with Gasteiger partial charge in [-0.25, -0.2) is 5.43 Å². The minimum atomic E-state index is -4.10. The van der Waals surface area contributed by atoms with Crippen LogP contribution in [0.2, 0.25) is 5.02 Å². The van der Waals surface area contributed by atoms with Crippen molar-refractivity contribution in [1.29, 1.82) is 0 Å². The maximum absolute atomic E-state index is 12.6. The molecule has 3 rings (SSSR count). The largest absolute Gasteiger partial charge is 0.493 e. The van der Waals surface area contributed by atoms with E-state index in [-0.39, 0.29) is 16.4 Å². The average molecular weight is 533 g/mol. The highest BCUT2D eigenvalue weighted by Gasteiger charge is 2.19. The molecule has 11 heteroatoms. The molecule has 190 valence electrons. The molecule has 0 aliphatic rings. The molecule has 0 aliphatic carbocycles. The topological polar surface area (TPSA) is 113 Å². The molecule has 0 spiro atoms. The lowest BCUT2D eigenvalue weighted by Gasteiger charge is -2.12. The Hall–Kier alpha value is -3.76.